The van der Waals surface area contributed by atoms with E-state index in [0.29, 0.717) is 0 Å². The molecule has 0 N–H and O–H groups in total. The lowest BCUT2D eigenvalue weighted by Gasteiger charge is -1.86. The van der Waals surface area contributed by atoms with Gasteiger partial charge < -0.3 is 0 Å². The predicted molar refractivity (Wildman–Crippen MR) is 59.0 cm³/mol. The zero-order valence-corrected chi connectivity index (χ0v) is 9.52. The van der Waals surface area contributed by atoms with E-state index in [4.69, 9.17) is 0 Å². The van der Waals surface area contributed by atoms with E-state index >= 15 is 0 Å². The Morgan fingerprint density at radius 1 is 1.14 bits per heavy atom. The van der Waals surface area contributed by atoms with Gasteiger partial charge in [0.2, 0.25) is 0 Å². The van der Waals surface area contributed by atoms with Crippen LogP contribution in [0.4, 0.5) is 0 Å². The van der Waals surface area contributed by atoms with Gasteiger partial charge in [0.05, 0.1) is 11.7 Å². The van der Waals surface area contributed by atoms with Gasteiger partial charge in [-0.25, -0.2) is 4.68 Å². The van der Waals surface area contributed by atoms with E-state index in [2.05, 4.69) is 15.3 Å². The van der Waals surface area contributed by atoms with Crippen LogP contribution < -0.4 is 0 Å². The lowest BCUT2D eigenvalue weighted by Crippen LogP contribution is -1.88. The molecule has 0 unspecified atom stereocenters. The molecule has 4 nitrogen and oxygen atoms in total. The first-order valence-corrected chi connectivity index (χ1v) is 4.97. The average molecular weight is 194 g/mol. The summed E-state index contributed by atoms with van der Waals surface area (Å²) >= 11 is 0. The fourth-order valence-corrected chi connectivity index (χ4v) is 0.893. The Bertz CT molecular complexity index is 354. The van der Waals surface area contributed by atoms with Crippen molar-refractivity contribution in [2.24, 2.45) is 7.05 Å². The summed E-state index contributed by atoms with van der Waals surface area (Å²) in [5, 5.41) is 7.69. The van der Waals surface area contributed by atoms with Gasteiger partial charge in [-0.2, -0.15) is 0 Å². The van der Waals surface area contributed by atoms with Crippen molar-refractivity contribution in [3.8, 4) is 0 Å². The van der Waals surface area contributed by atoms with E-state index in [0.717, 1.165) is 11.0 Å². The first kappa shape index (κ1) is 12.6. The van der Waals surface area contributed by atoms with E-state index in [1.54, 1.807) is 17.1 Å². The van der Waals surface area contributed by atoms with E-state index in [-0.39, 0.29) is 0 Å². The molecule has 0 radical (unpaired) electrons. The summed E-state index contributed by atoms with van der Waals surface area (Å²) in [7, 11) is 1.86. The van der Waals surface area contributed by atoms with Crippen molar-refractivity contribution < 1.29 is 0 Å². The molecule has 4 heteroatoms. The number of fused-ring (bicyclic) bond motifs is 1. The van der Waals surface area contributed by atoms with Crippen LogP contribution in [0.3, 0.4) is 0 Å². The first-order valence-electron chi connectivity index (χ1n) is 4.97. The van der Waals surface area contributed by atoms with Crippen molar-refractivity contribution in [1.29, 1.82) is 0 Å². The van der Waals surface area contributed by atoms with Gasteiger partial charge in [-0.05, 0) is 6.07 Å². The van der Waals surface area contributed by atoms with Gasteiger partial charge in [0.25, 0.3) is 0 Å². The minimum Gasteiger partial charge on any atom is -0.262 e. The predicted octanol–water partition coefficient (Wildman–Crippen LogP) is 2.42. The molecule has 0 aliphatic rings. The van der Waals surface area contributed by atoms with Gasteiger partial charge in [-0.3, -0.25) is 4.98 Å². The Hall–Kier alpha value is -1.45. The maximum Gasteiger partial charge on any atom is 0.131 e. The van der Waals surface area contributed by atoms with Gasteiger partial charge in [-0.1, -0.05) is 32.9 Å². The smallest absolute Gasteiger partial charge is 0.131 e. The summed E-state index contributed by atoms with van der Waals surface area (Å²) in [6, 6.07) is 1.88. The second-order valence-electron chi connectivity index (χ2n) is 2.08. The van der Waals surface area contributed by atoms with Crippen molar-refractivity contribution >= 4 is 11.0 Å². The Morgan fingerprint density at radius 2 is 1.79 bits per heavy atom. The van der Waals surface area contributed by atoms with Crippen molar-refractivity contribution in [3.05, 3.63) is 18.5 Å². The third-order valence-corrected chi connectivity index (χ3v) is 1.41. The largest absolute Gasteiger partial charge is 0.262 e. The molecule has 0 saturated carbocycles. The Balaban J connectivity index is 0.000000379. The van der Waals surface area contributed by atoms with Crippen LogP contribution in [0, 0.1) is 0 Å². The number of rotatable bonds is 0. The quantitative estimate of drug-likeness (QED) is 0.647. The van der Waals surface area contributed by atoms with E-state index in [9.17, 15) is 0 Å². The Labute approximate surface area is 85.0 Å². The van der Waals surface area contributed by atoms with Gasteiger partial charge in [0.1, 0.15) is 5.52 Å². The van der Waals surface area contributed by atoms with Crippen LogP contribution in [0.25, 0.3) is 11.0 Å². The molecule has 2 rings (SSSR count). The molecule has 0 saturated heterocycles. The lowest BCUT2D eigenvalue weighted by molar-refractivity contribution is 0.736. The number of nitrogens with zero attached hydrogens (tertiary/aromatic N) is 4. The molecule has 0 fully saturated rings. The summed E-state index contributed by atoms with van der Waals surface area (Å²) in [5.74, 6) is 0. The van der Waals surface area contributed by atoms with Crippen LogP contribution in [-0.2, 0) is 7.05 Å². The molecule has 0 aliphatic carbocycles. The summed E-state index contributed by atoms with van der Waals surface area (Å²) in [6.45, 7) is 8.00. The van der Waals surface area contributed by atoms with Gasteiger partial charge in [0, 0.05) is 13.2 Å². The number of aromatic nitrogens is 4. The molecule has 0 amide bonds. The third kappa shape index (κ3) is 2.80. The van der Waals surface area contributed by atoms with Crippen molar-refractivity contribution in [3.63, 3.8) is 0 Å². The van der Waals surface area contributed by atoms with Crippen molar-refractivity contribution in [1.82, 2.24) is 20.0 Å². The van der Waals surface area contributed by atoms with Gasteiger partial charge in [-0.15, -0.1) is 5.10 Å². The fraction of sp³-hybridized carbons (Fsp3) is 0.500. The topological polar surface area (TPSA) is 43.6 Å². The summed E-state index contributed by atoms with van der Waals surface area (Å²) in [5.41, 5.74) is 1.85. The number of aryl methyl sites for hydroxylation is 1. The van der Waals surface area contributed by atoms with Crippen LogP contribution in [0.2, 0.25) is 0 Å². The molecule has 0 spiro atoms. The van der Waals surface area contributed by atoms with Crippen molar-refractivity contribution in [2.45, 2.75) is 27.7 Å². The number of hydrogen-bond donors (Lipinski definition) is 0. The molecule has 0 bridgehead atoms. The summed E-state index contributed by atoms with van der Waals surface area (Å²) in [4.78, 5) is 3.91. The highest BCUT2D eigenvalue weighted by Crippen LogP contribution is 2.04. The fourth-order valence-electron chi connectivity index (χ4n) is 0.893. The molecule has 0 aromatic carbocycles. The second kappa shape index (κ2) is 7.00. The van der Waals surface area contributed by atoms with Gasteiger partial charge >= 0.3 is 0 Å². The minimum absolute atomic E-state index is 0.838. The first-order chi connectivity index (χ1) is 6.88. The second-order valence-corrected chi connectivity index (χ2v) is 2.08. The van der Waals surface area contributed by atoms with Gasteiger partial charge in [0.15, 0.2) is 0 Å². The molecule has 2 heterocycles. The highest BCUT2D eigenvalue weighted by molar-refractivity contribution is 5.72. The number of hydrogen-bond acceptors (Lipinski definition) is 3. The Morgan fingerprint density at radius 3 is 2.36 bits per heavy atom. The molecule has 78 valence electrons. The molecule has 2 aromatic rings. The monoisotopic (exact) mass is 194 g/mol. The van der Waals surface area contributed by atoms with Crippen LogP contribution in [-0.4, -0.2) is 20.0 Å². The number of pyridine rings is 1. The molecule has 0 aliphatic heterocycles. The van der Waals surface area contributed by atoms with E-state index < -0.39 is 0 Å². The Kier molecular flexibility index (Phi) is 6.28. The third-order valence-electron chi connectivity index (χ3n) is 1.41. The van der Waals surface area contributed by atoms with Crippen LogP contribution in [0.15, 0.2) is 18.5 Å². The zero-order chi connectivity index (χ0) is 11.0. The van der Waals surface area contributed by atoms with E-state index in [1.807, 2.05) is 40.8 Å². The van der Waals surface area contributed by atoms with Crippen LogP contribution >= 0.6 is 0 Å². The van der Waals surface area contributed by atoms with E-state index in [1.165, 1.54) is 0 Å². The molecular weight excluding hydrogens is 176 g/mol. The molecule has 0 atom stereocenters. The highest BCUT2D eigenvalue weighted by Gasteiger charge is 1.96. The minimum atomic E-state index is 0.838. The zero-order valence-electron chi connectivity index (χ0n) is 9.52. The van der Waals surface area contributed by atoms with Crippen molar-refractivity contribution in [2.75, 3.05) is 0 Å². The normalized spacial score (nSPS) is 8.36. The maximum absolute atomic E-state index is 3.91. The molecule has 14 heavy (non-hydrogen) atoms. The highest BCUT2D eigenvalue weighted by atomic mass is 15.4. The lowest BCUT2D eigenvalue weighted by atomic mass is 10.4. The summed E-state index contributed by atoms with van der Waals surface area (Å²) in [6.07, 6.45) is 3.42. The summed E-state index contributed by atoms with van der Waals surface area (Å²) < 4.78 is 1.72. The van der Waals surface area contributed by atoms with Crippen LogP contribution in [0.5, 0.6) is 0 Å². The SMILES string of the molecule is CC.CC.Cn1nnc2cnccc21. The molecular formula is C10H18N4. The van der Waals surface area contributed by atoms with Crippen LogP contribution in [0.1, 0.15) is 27.7 Å². The standard InChI is InChI=1S/C6H6N4.2C2H6/c1-10-6-2-3-7-4-5(6)8-9-10;2*1-2/h2-4H,1H3;2*1-2H3. The molecule has 2 aromatic heterocycles. The average Bonchev–Trinajstić information content (AvgIpc) is 2.67. The maximum atomic E-state index is 3.91.